The van der Waals surface area contributed by atoms with Crippen molar-refractivity contribution in [2.24, 2.45) is 56.7 Å². The number of benzene rings is 2. The van der Waals surface area contributed by atoms with Crippen LogP contribution in [-0.2, 0) is 74.3 Å². The van der Waals surface area contributed by atoms with E-state index in [0.717, 1.165) is 239 Å². The first-order valence-electron chi connectivity index (χ1n) is 48.0. The molecule has 0 spiro atoms. The third-order valence-corrected chi connectivity index (χ3v) is 29.0. The van der Waals surface area contributed by atoms with Gasteiger partial charge in [0.2, 0.25) is 17.7 Å². The Labute approximate surface area is 807 Å². The van der Waals surface area contributed by atoms with E-state index in [0.29, 0.717) is 64.8 Å². The van der Waals surface area contributed by atoms with Gasteiger partial charge in [-0.25, -0.2) is 44.9 Å². The van der Waals surface area contributed by atoms with Crippen LogP contribution in [0.25, 0.3) is 88.1 Å². The summed E-state index contributed by atoms with van der Waals surface area (Å²) in [5.74, 6) is 6.88. The van der Waals surface area contributed by atoms with Crippen molar-refractivity contribution in [3.63, 3.8) is 0 Å². The van der Waals surface area contributed by atoms with Crippen molar-refractivity contribution in [1.82, 2.24) is 98.5 Å². The van der Waals surface area contributed by atoms with Crippen molar-refractivity contribution in [1.29, 1.82) is 0 Å². The van der Waals surface area contributed by atoms with Gasteiger partial charge in [-0.1, -0.05) is 57.9 Å². The van der Waals surface area contributed by atoms with Crippen molar-refractivity contribution < 1.29 is 14.4 Å². The molecule has 3 amide bonds. The van der Waals surface area contributed by atoms with Crippen molar-refractivity contribution in [3.8, 4) is 45.0 Å². The number of hydrogen-bond donors (Lipinski definition) is 12. The number of fused-ring (bicyclic) bond motifs is 9. The fourth-order valence-corrected chi connectivity index (χ4v) is 21.3. The van der Waals surface area contributed by atoms with Gasteiger partial charge < -0.3 is 70.5 Å². The average molecular weight is 1870 g/mol. The minimum absolute atomic E-state index is 0.00869. The number of pyridine rings is 10. The fourth-order valence-electron chi connectivity index (χ4n) is 21.3. The van der Waals surface area contributed by atoms with Crippen LogP contribution in [0.2, 0.25) is 0 Å². The zero-order valence-electron chi connectivity index (χ0n) is 79.8. The molecule has 710 valence electrons. The van der Waals surface area contributed by atoms with Gasteiger partial charge in [0.15, 0.2) is 5.82 Å². The molecular formula is C105H112N32O3. The Morgan fingerprint density at radius 1 is 0.436 bits per heavy atom. The Morgan fingerprint density at radius 3 is 1.34 bits per heavy atom. The molecule has 0 saturated heterocycles. The Hall–Kier alpha value is -16.4. The molecule has 7 aliphatic rings. The summed E-state index contributed by atoms with van der Waals surface area (Å²) in [4.78, 5) is 89.6. The molecule has 17 aromatic rings. The molecule has 2 aromatic carbocycles. The number of carbonyl (C=O) groups is 3. The lowest BCUT2D eigenvalue weighted by Crippen LogP contribution is -2.16. The third kappa shape index (κ3) is 17.5. The maximum atomic E-state index is 13.2. The van der Waals surface area contributed by atoms with Crippen LogP contribution in [0.15, 0.2) is 172 Å². The van der Waals surface area contributed by atoms with E-state index in [2.05, 4.69) is 173 Å². The minimum Gasteiger partial charge on any atom is -0.398 e. The number of imidazole rings is 1. The van der Waals surface area contributed by atoms with Crippen molar-refractivity contribution >= 4 is 136 Å². The van der Waals surface area contributed by atoms with Gasteiger partial charge in [-0.05, 0) is 205 Å². The molecule has 0 bridgehead atoms. The molecule has 35 heteroatoms. The highest BCUT2D eigenvalue weighted by atomic mass is 16.2. The number of aromatic nitrogens is 20. The van der Waals surface area contributed by atoms with E-state index in [9.17, 15) is 14.4 Å². The van der Waals surface area contributed by atoms with Gasteiger partial charge in [-0.2, -0.15) is 20.4 Å². The lowest BCUT2D eigenvalue weighted by atomic mass is 9.94. The van der Waals surface area contributed by atoms with E-state index < -0.39 is 0 Å². The van der Waals surface area contributed by atoms with E-state index in [1.807, 2.05) is 155 Å². The Balaban J connectivity index is 0.000000111. The molecule has 17 N–H and O–H groups in total. The Morgan fingerprint density at radius 2 is 0.864 bits per heavy atom. The van der Waals surface area contributed by atoms with Gasteiger partial charge >= 0.3 is 0 Å². The highest BCUT2D eigenvalue weighted by Gasteiger charge is 2.56. The molecule has 140 heavy (non-hydrogen) atoms. The van der Waals surface area contributed by atoms with Crippen molar-refractivity contribution in [2.75, 3.05) is 85.5 Å². The van der Waals surface area contributed by atoms with Gasteiger partial charge in [0, 0.05) is 224 Å². The highest BCUT2D eigenvalue weighted by Crippen LogP contribution is 2.58. The monoisotopic (exact) mass is 1870 g/mol. The van der Waals surface area contributed by atoms with Crippen molar-refractivity contribution in [2.45, 2.75) is 137 Å². The van der Waals surface area contributed by atoms with Crippen molar-refractivity contribution in [3.05, 3.63) is 239 Å². The number of carbonyl (C=O) groups excluding carboxylic acids is 3. The number of amides is 3. The summed E-state index contributed by atoms with van der Waals surface area (Å²) in [7, 11) is 5.67. The van der Waals surface area contributed by atoms with E-state index in [-0.39, 0.29) is 59.1 Å². The number of nitrogens with two attached hydrogens (primary N) is 5. The molecule has 19 heterocycles. The molecule has 9 unspecified atom stereocenters. The van der Waals surface area contributed by atoms with Crippen LogP contribution in [0.4, 0.5) is 75.1 Å². The van der Waals surface area contributed by atoms with Crippen LogP contribution in [0.1, 0.15) is 138 Å². The second kappa shape index (κ2) is 36.9. The quantitative estimate of drug-likeness (QED) is 0.0377. The summed E-state index contributed by atoms with van der Waals surface area (Å²) in [6, 6.07) is 27.8. The smallest absolute Gasteiger partial charge is 0.229 e. The van der Waals surface area contributed by atoms with Crippen LogP contribution < -0.4 is 65.9 Å². The zero-order chi connectivity index (χ0) is 96.7. The van der Waals surface area contributed by atoms with Gasteiger partial charge in [0.25, 0.3) is 0 Å². The summed E-state index contributed by atoms with van der Waals surface area (Å²) in [6.45, 7) is 19.1. The van der Waals surface area contributed by atoms with E-state index >= 15 is 0 Å². The standard InChI is InChI=1S/C27H27N9.C27H30N8O.C26H28N8O.C25H27N7O/c1-16-20(5-4-17-3-2-7-30-26(16)17)22-11-18-12-23(31-14-21(18)27(28)32-22)33-24-13-19-6-9-35-10-8-29-25(35)15-36(19)34-24;1-4-17-23(16-10-32-35(3)13-16)24(17)27(36)34-22-9-15-8-21(33-26(28)19(15)12-31-22)18-11-30-20-6-5-7-29-25(20)14(18)2;1-13-17(10-29-19-5-4-6-28-24(13)19)20-7-15-8-21(30-11-18(15)25(27)32-20)33-26(35)23-14(2)22(23)16-9-31-34(3)12-16;1-4-16-22(15-10-29-32(3)12-15)23(16)25(33)31-21-9-14-8-20(30-24(27)18(14)11-28-21)17-6-5-7-19(26)13(17)2/h4-5,8,10-14,30H,2-3,6-7,9,15H2,1H3,(H2,28,32)(H,31,33,34);8-13,17,23-24,29H,4-7H2,1-3H3,(H2,28,33)(H,31,34,36);7-12,14,22-23,28H,4-6H2,1-3H3,(H2,27,32)(H,30,33,35);5-12,16,22-23H,4,26H2,1-3H3,(H2,27,30)(H,28,31,33). The maximum absolute atomic E-state index is 13.2. The Kier molecular flexibility index (Phi) is 23.8. The molecule has 15 aromatic heterocycles. The molecular weight excluding hydrogens is 1760 g/mol. The average Bonchev–Trinajstić information content (AvgIpc) is 1.59. The number of nitrogens with one attached hydrogen (secondary N) is 7. The number of hydrogen-bond acceptors (Lipinski definition) is 27. The van der Waals surface area contributed by atoms with Gasteiger partial charge in [-0.3, -0.25) is 43.1 Å². The van der Waals surface area contributed by atoms with Crippen LogP contribution in [0, 0.1) is 63.2 Å². The summed E-state index contributed by atoms with van der Waals surface area (Å²) in [5, 5.41) is 47.2. The number of nitrogens with zero attached hydrogens (tertiary/aromatic N) is 20. The van der Waals surface area contributed by atoms with Crippen LogP contribution in [0.3, 0.4) is 0 Å². The maximum Gasteiger partial charge on any atom is 0.229 e. The lowest BCUT2D eigenvalue weighted by Gasteiger charge is -2.22. The molecule has 0 radical (unpaired) electrons. The zero-order valence-corrected chi connectivity index (χ0v) is 79.8. The predicted molar refractivity (Wildman–Crippen MR) is 548 cm³/mol. The third-order valence-electron chi connectivity index (χ3n) is 29.0. The lowest BCUT2D eigenvalue weighted by molar-refractivity contribution is -0.118. The fraction of sp³-hybridized carbons (Fsp3) is 0.314. The predicted octanol–water partition coefficient (Wildman–Crippen LogP) is 15.9. The van der Waals surface area contributed by atoms with E-state index in [1.54, 1.807) is 38.8 Å². The van der Waals surface area contributed by atoms with Gasteiger partial charge in [0.05, 0.1) is 70.7 Å². The van der Waals surface area contributed by atoms with E-state index in [4.69, 9.17) is 38.8 Å². The number of nitrogen functional groups attached to an aromatic ring is 5. The first-order valence-corrected chi connectivity index (χ1v) is 48.0. The highest BCUT2D eigenvalue weighted by molar-refractivity contribution is 6.03. The normalized spacial score (nSPS) is 18.8. The molecule has 4 aliphatic heterocycles. The van der Waals surface area contributed by atoms with Crippen LogP contribution >= 0.6 is 0 Å². The van der Waals surface area contributed by atoms with E-state index in [1.165, 1.54) is 28.9 Å². The minimum atomic E-state index is -0.0912. The van der Waals surface area contributed by atoms with Gasteiger partial charge in [0.1, 0.15) is 52.4 Å². The molecule has 3 aliphatic carbocycles. The molecule has 9 atom stereocenters. The summed E-state index contributed by atoms with van der Waals surface area (Å²) in [5.41, 5.74) is 55.0. The summed E-state index contributed by atoms with van der Waals surface area (Å²) < 4.78 is 9.53. The number of rotatable bonds is 17. The SMILES string of the molecule is CCC1C(C(=O)Nc2cc3cc(-c4cccc(N)c4C)nc(N)c3cn2)C1c1cnn(C)c1.CCC1C(C(=O)Nc2cc3cc(-c4cnc5c(c4C)NCCC5)nc(N)c3cn2)C1c1cnn(C)c1.Cc1c(-c2cc3cc(NC(=O)C4C(C)C4c4cnn(C)c4)ncc3c(N)n2)cnc2c1NCCC2.Cc1c(-c2cc3cc(Nc4cc5n(n4)Cc4nccn4CC5)ncc3c(N)n2)ccc2c1NCCC2. The molecule has 3 saturated carbocycles. The molecule has 24 rings (SSSR count). The molecule has 3 fully saturated rings. The first-order chi connectivity index (χ1) is 67.8. The van der Waals surface area contributed by atoms with Gasteiger partial charge in [-0.15, -0.1) is 0 Å². The van der Waals surface area contributed by atoms with Crippen LogP contribution in [0.5, 0.6) is 0 Å². The first kappa shape index (κ1) is 90.1. The molecule has 35 nitrogen and oxygen atoms in total. The number of anilines is 13. The Bertz CT molecular complexity index is 7780. The second-order valence-corrected chi connectivity index (χ2v) is 37.9. The van der Waals surface area contributed by atoms with Crippen LogP contribution in [-0.4, -0.2) is 136 Å². The number of aryl methyl sites for hydroxylation is 8. The second-order valence-electron chi connectivity index (χ2n) is 37.9. The summed E-state index contributed by atoms with van der Waals surface area (Å²) in [6.07, 6.45) is 35.1. The largest absolute Gasteiger partial charge is 0.398 e. The topological polar surface area (TPSA) is 484 Å². The summed E-state index contributed by atoms with van der Waals surface area (Å²) >= 11 is 0.